The Hall–Kier alpha value is -7.60. The van der Waals surface area contributed by atoms with Gasteiger partial charge in [-0.3, -0.25) is 39.3 Å². The molecule has 3 aromatic carbocycles. The van der Waals surface area contributed by atoms with E-state index in [0.717, 1.165) is 54.7 Å². The second-order valence-corrected chi connectivity index (χ2v) is 22.5. The van der Waals surface area contributed by atoms with Crippen molar-refractivity contribution >= 4 is 62.9 Å². The molecule has 8 aliphatic heterocycles. The van der Waals surface area contributed by atoms with Crippen LogP contribution < -0.4 is 25.2 Å². The zero-order chi connectivity index (χ0) is 54.3. The van der Waals surface area contributed by atoms with Crippen molar-refractivity contribution in [2.75, 3.05) is 68.8 Å². The predicted octanol–water partition coefficient (Wildman–Crippen LogP) is 6.27. The number of piperidine rings is 3. The molecule has 13 rings (SSSR count). The fraction of sp³-hybridized carbons (Fsp3) is 0.458. The average molecular weight is 1080 g/mol. The summed E-state index contributed by atoms with van der Waals surface area (Å²) < 4.78 is 51.6. The second kappa shape index (κ2) is 20.2. The molecule has 7 fully saturated rings. The number of hydrogen-bond donors (Lipinski definition) is 2. The third-order valence-corrected chi connectivity index (χ3v) is 17.7. The van der Waals surface area contributed by atoms with Gasteiger partial charge in [-0.15, -0.1) is 6.42 Å². The van der Waals surface area contributed by atoms with Gasteiger partial charge in [0.2, 0.25) is 11.8 Å². The molecule has 20 heteroatoms. The molecule has 18 nitrogen and oxygen atoms in total. The van der Waals surface area contributed by atoms with Crippen LogP contribution in [0, 0.1) is 24.0 Å². The number of nitrogens with one attached hydrogen (secondary N) is 2. The summed E-state index contributed by atoms with van der Waals surface area (Å²) in [7, 11) is 0. The molecule has 408 valence electrons. The minimum Gasteiger partial charge on any atom is -0.461 e. The van der Waals surface area contributed by atoms with Gasteiger partial charge < -0.3 is 34.2 Å². The fourth-order valence-electron chi connectivity index (χ4n) is 13.7. The number of piperazine rings is 1. The number of terminal acetylenes is 1. The highest BCUT2D eigenvalue weighted by Gasteiger charge is 2.52. The van der Waals surface area contributed by atoms with E-state index in [-0.39, 0.29) is 96.4 Å². The number of hydrogen-bond acceptors (Lipinski definition) is 15. The van der Waals surface area contributed by atoms with Crippen LogP contribution >= 0.6 is 0 Å². The van der Waals surface area contributed by atoms with Gasteiger partial charge in [0.25, 0.3) is 11.8 Å². The number of fused-ring (bicyclic) bond motifs is 6. The minimum atomic E-state index is -1.01. The SMILES string of the molecule is C#Cc1c(F)ccc2cccc(-c3ncc4c(N5C[C@H]6CC[C@@H](C5)N6)nc(OC[C@@]56CC[C@@H](COC(=O)N7CCC(OC8CCN(c9ccc%10c(c9)C(=O)N(C9CCC(=O)NC9=O)C%10=O)CC8)CC7)N5CC(=C)C6)nc4c3F)c12. The van der Waals surface area contributed by atoms with Crippen molar-refractivity contribution in [2.45, 2.75) is 113 Å². The molecule has 0 radical (unpaired) electrons. The molecule has 2 bridgehead atoms. The van der Waals surface area contributed by atoms with E-state index in [1.165, 1.54) is 6.07 Å². The Morgan fingerprint density at radius 2 is 1.62 bits per heavy atom. The quantitative estimate of drug-likeness (QED) is 0.0854. The Bertz CT molecular complexity index is 3420. The molecule has 7 saturated heterocycles. The van der Waals surface area contributed by atoms with Gasteiger partial charge in [0.15, 0.2) is 5.82 Å². The fourth-order valence-corrected chi connectivity index (χ4v) is 13.7. The Morgan fingerprint density at radius 3 is 2.38 bits per heavy atom. The highest BCUT2D eigenvalue weighted by molar-refractivity contribution is 6.23. The highest BCUT2D eigenvalue weighted by atomic mass is 19.1. The third kappa shape index (κ3) is 9.18. The summed E-state index contributed by atoms with van der Waals surface area (Å²) in [5.41, 5.74) is 2.33. The third-order valence-electron chi connectivity index (χ3n) is 17.7. The van der Waals surface area contributed by atoms with Crippen molar-refractivity contribution in [1.82, 2.24) is 40.3 Å². The Balaban J connectivity index is 0.627. The first-order chi connectivity index (χ1) is 38.3. The number of benzene rings is 3. The van der Waals surface area contributed by atoms with Crippen molar-refractivity contribution in [3.63, 3.8) is 0 Å². The predicted molar refractivity (Wildman–Crippen MR) is 287 cm³/mol. The summed E-state index contributed by atoms with van der Waals surface area (Å²) in [6.45, 7) is 9.15. The van der Waals surface area contributed by atoms with Crippen LogP contribution in [0.2, 0.25) is 0 Å². The molecule has 8 aliphatic rings. The molecule has 5 atom stereocenters. The summed E-state index contributed by atoms with van der Waals surface area (Å²) in [5, 5.41) is 7.39. The number of anilines is 2. The standard InChI is InChI=1S/C59H60F2N10O8/c1-3-41-46(60)12-7-34-5-4-6-43(49(34)41)51-50(61)52-45(27-62-51)53(69-29-35-8-9-36(30-69)63-35)66-57(65-52)78-32-59-20-15-38(70(59)28-33(2)26-59)31-77-58(76)68-23-18-40(19-24-68)79-39-16-21-67(22-17-39)37-10-11-42-44(25-37)56(75)71(55(42)74)47-13-14-48(72)64-54(47)73/h1,4-7,10-12,25,27,35-36,38-40,47,63H,2,8-9,13-24,26,28-32H2,(H,64,72,73)/t35-,36+,38-,47?,59-/m0/s1. The molecule has 10 heterocycles. The van der Waals surface area contributed by atoms with E-state index in [9.17, 15) is 24.0 Å². The van der Waals surface area contributed by atoms with Gasteiger partial charge in [0, 0.05) is 93.2 Å². The Labute approximate surface area is 454 Å². The number of carbonyl (C=O) groups excluding carboxylic acids is 5. The first-order valence-electron chi connectivity index (χ1n) is 27.6. The van der Waals surface area contributed by atoms with Crippen molar-refractivity contribution in [3.05, 3.63) is 95.2 Å². The first kappa shape index (κ1) is 50.9. The van der Waals surface area contributed by atoms with Crippen molar-refractivity contribution in [1.29, 1.82) is 0 Å². The van der Waals surface area contributed by atoms with E-state index in [1.54, 1.807) is 47.5 Å². The van der Waals surface area contributed by atoms with Gasteiger partial charge in [-0.2, -0.15) is 9.97 Å². The van der Waals surface area contributed by atoms with Gasteiger partial charge >= 0.3 is 12.1 Å². The van der Waals surface area contributed by atoms with Crippen LogP contribution in [-0.4, -0.2) is 160 Å². The lowest BCUT2D eigenvalue weighted by atomic mass is 9.94. The largest absolute Gasteiger partial charge is 0.461 e. The number of ether oxygens (including phenoxy) is 3. The lowest BCUT2D eigenvalue weighted by Gasteiger charge is -2.38. The van der Waals surface area contributed by atoms with Gasteiger partial charge in [-0.05, 0) is 93.9 Å². The van der Waals surface area contributed by atoms with Crippen LogP contribution in [0.4, 0.5) is 25.1 Å². The molecule has 2 aromatic heterocycles. The van der Waals surface area contributed by atoms with Crippen LogP contribution in [-0.2, 0) is 19.1 Å². The zero-order valence-electron chi connectivity index (χ0n) is 43.7. The van der Waals surface area contributed by atoms with Crippen LogP contribution in [0.5, 0.6) is 6.01 Å². The summed E-state index contributed by atoms with van der Waals surface area (Å²) in [6.07, 6.45) is 14.4. The van der Waals surface area contributed by atoms with E-state index < -0.39 is 46.8 Å². The zero-order valence-corrected chi connectivity index (χ0v) is 43.7. The number of imide groups is 2. The maximum Gasteiger partial charge on any atom is 0.409 e. The average Bonchev–Trinajstić information content (AvgIpc) is 4.31. The summed E-state index contributed by atoms with van der Waals surface area (Å²) in [4.78, 5) is 88.3. The van der Waals surface area contributed by atoms with E-state index in [2.05, 4.69) is 42.8 Å². The number of rotatable bonds is 11. The van der Waals surface area contributed by atoms with Crippen LogP contribution in [0.3, 0.4) is 0 Å². The maximum atomic E-state index is 17.2. The van der Waals surface area contributed by atoms with E-state index in [4.69, 9.17) is 30.6 Å². The van der Waals surface area contributed by atoms with Gasteiger partial charge in [-0.1, -0.05) is 42.3 Å². The van der Waals surface area contributed by atoms with Gasteiger partial charge in [-0.25, -0.2) is 13.6 Å². The number of pyridine rings is 1. The van der Waals surface area contributed by atoms with Crippen LogP contribution in [0.1, 0.15) is 96.9 Å². The topological polar surface area (TPSA) is 192 Å². The van der Waals surface area contributed by atoms with Crippen LogP contribution in [0.15, 0.2) is 66.9 Å². The maximum absolute atomic E-state index is 17.2. The molecule has 0 spiro atoms. The molecule has 79 heavy (non-hydrogen) atoms. The highest BCUT2D eigenvalue weighted by Crippen LogP contribution is 2.45. The van der Waals surface area contributed by atoms with E-state index in [0.29, 0.717) is 92.6 Å². The molecular weight excluding hydrogens is 1010 g/mol. The Morgan fingerprint density at radius 1 is 0.861 bits per heavy atom. The molecular formula is C59H60F2N10O8. The molecule has 5 aromatic rings. The summed E-state index contributed by atoms with van der Waals surface area (Å²) >= 11 is 0. The number of amides is 5. The molecule has 2 N–H and O–H groups in total. The number of aromatic nitrogens is 3. The first-order valence-corrected chi connectivity index (χ1v) is 27.6. The minimum absolute atomic E-state index is 0.00404. The van der Waals surface area contributed by atoms with Gasteiger partial charge in [0.1, 0.15) is 42.1 Å². The van der Waals surface area contributed by atoms with E-state index in [1.807, 2.05) is 6.07 Å². The molecule has 1 unspecified atom stereocenters. The normalized spacial score (nSPS) is 25.6. The number of likely N-dealkylation sites (tertiary alicyclic amines) is 1. The van der Waals surface area contributed by atoms with Crippen molar-refractivity contribution in [2.24, 2.45) is 0 Å². The summed E-state index contributed by atoms with van der Waals surface area (Å²) in [5.74, 6) is -0.372. The number of halogens is 2. The number of carbonyl (C=O) groups is 5. The monoisotopic (exact) mass is 1070 g/mol. The van der Waals surface area contributed by atoms with Crippen molar-refractivity contribution in [3.8, 4) is 29.6 Å². The van der Waals surface area contributed by atoms with E-state index >= 15 is 8.78 Å². The lowest BCUT2D eigenvalue weighted by Crippen LogP contribution is -2.54. The summed E-state index contributed by atoms with van der Waals surface area (Å²) in [6, 6.07) is 12.9. The Kier molecular flexibility index (Phi) is 13.0. The van der Waals surface area contributed by atoms with Crippen LogP contribution in [0.25, 0.3) is 32.9 Å². The molecule has 5 amide bonds. The molecule has 0 saturated carbocycles. The molecule has 0 aliphatic carbocycles. The van der Waals surface area contributed by atoms with Gasteiger partial charge in [0.05, 0.1) is 39.8 Å². The second-order valence-electron chi connectivity index (χ2n) is 22.5. The smallest absolute Gasteiger partial charge is 0.409 e. The van der Waals surface area contributed by atoms with Crippen molar-refractivity contribution < 1.29 is 47.0 Å². The lowest BCUT2D eigenvalue weighted by molar-refractivity contribution is -0.136. The number of nitrogens with zero attached hydrogens (tertiary/aromatic N) is 8.